The topological polar surface area (TPSA) is 73.8 Å². The van der Waals surface area contributed by atoms with E-state index < -0.39 is 6.03 Å². The lowest BCUT2D eigenvalue weighted by atomic mass is 9.87. The highest BCUT2D eigenvalue weighted by Crippen LogP contribution is 2.32. The van der Waals surface area contributed by atoms with Gasteiger partial charge in [0, 0.05) is 17.8 Å². The molecule has 0 bridgehead atoms. The van der Waals surface area contributed by atoms with E-state index in [1.807, 2.05) is 42.5 Å². The lowest BCUT2D eigenvalue weighted by molar-refractivity contribution is -0.112. The van der Waals surface area contributed by atoms with Crippen molar-refractivity contribution in [1.29, 1.82) is 0 Å². The Kier molecular flexibility index (Phi) is 5.89. The highest BCUT2D eigenvalue weighted by molar-refractivity contribution is 6.54. The second kappa shape index (κ2) is 8.90. The number of amides is 3. The first-order valence-electron chi connectivity index (χ1n) is 10.3. The number of rotatable bonds is 5. The van der Waals surface area contributed by atoms with Crippen molar-refractivity contribution >= 4 is 29.0 Å². The number of hydrogen-bond acceptors (Lipinski definition) is 3. The first-order chi connectivity index (χ1) is 14.2. The summed E-state index contributed by atoms with van der Waals surface area (Å²) < 4.78 is 0. The number of hydrazone groups is 1. The average Bonchev–Trinajstić information content (AvgIpc) is 3.03. The van der Waals surface area contributed by atoms with Crippen LogP contribution in [0.15, 0.2) is 59.7 Å². The number of benzene rings is 2. The van der Waals surface area contributed by atoms with Crippen LogP contribution in [0.4, 0.5) is 16.2 Å². The SMILES string of the molecule is O=C(N/N=C1\C(=O)N(CCC2CCCCC2)c2ccccc21)Nc1ccccc1. The molecule has 4 rings (SSSR count). The molecule has 0 aromatic heterocycles. The van der Waals surface area contributed by atoms with Crippen molar-refractivity contribution in [3.8, 4) is 0 Å². The van der Waals surface area contributed by atoms with Gasteiger partial charge in [0.15, 0.2) is 5.71 Å². The van der Waals surface area contributed by atoms with E-state index >= 15 is 0 Å². The van der Waals surface area contributed by atoms with Crippen LogP contribution in [0, 0.1) is 5.92 Å². The van der Waals surface area contributed by atoms with Crippen LogP contribution in [0.5, 0.6) is 0 Å². The Morgan fingerprint density at radius 3 is 2.52 bits per heavy atom. The predicted molar refractivity (Wildman–Crippen MR) is 115 cm³/mol. The molecular formula is C23H26N4O2. The molecule has 0 radical (unpaired) electrons. The molecule has 0 spiro atoms. The first-order valence-corrected chi connectivity index (χ1v) is 10.3. The van der Waals surface area contributed by atoms with Gasteiger partial charge in [-0.05, 0) is 30.5 Å². The fraction of sp³-hybridized carbons (Fsp3) is 0.348. The van der Waals surface area contributed by atoms with Crippen LogP contribution < -0.4 is 15.6 Å². The summed E-state index contributed by atoms with van der Waals surface area (Å²) in [6.07, 6.45) is 7.44. The van der Waals surface area contributed by atoms with Crippen LogP contribution in [0.25, 0.3) is 0 Å². The fourth-order valence-corrected chi connectivity index (χ4v) is 4.17. The number of carbonyl (C=O) groups is 2. The van der Waals surface area contributed by atoms with Crippen LogP contribution in [-0.4, -0.2) is 24.2 Å². The normalized spacial score (nSPS) is 18.0. The number of nitrogens with one attached hydrogen (secondary N) is 2. The standard InChI is InChI=1S/C23H26N4O2/c28-22-21(25-26-23(29)24-18-11-5-2-6-12-18)19-13-7-8-14-20(19)27(22)16-15-17-9-3-1-4-10-17/h2,5-8,11-14,17H,1,3-4,9-10,15-16H2,(H2,24,26,29)/b25-21-. The van der Waals surface area contributed by atoms with Gasteiger partial charge in [0.2, 0.25) is 0 Å². The minimum Gasteiger partial charge on any atom is -0.307 e. The Bertz CT molecular complexity index is 904. The summed E-state index contributed by atoms with van der Waals surface area (Å²) >= 11 is 0. The van der Waals surface area contributed by atoms with Crippen LogP contribution in [-0.2, 0) is 4.79 Å². The molecule has 0 unspecified atom stereocenters. The third kappa shape index (κ3) is 4.47. The molecule has 0 saturated heterocycles. The molecule has 29 heavy (non-hydrogen) atoms. The summed E-state index contributed by atoms with van der Waals surface area (Å²) in [7, 11) is 0. The lowest BCUT2D eigenvalue weighted by Gasteiger charge is -2.24. The van der Waals surface area contributed by atoms with Crippen LogP contribution in [0.1, 0.15) is 44.1 Å². The smallest absolute Gasteiger partial charge is 0.307 e. The minimum absolute atomic E-state index is 0.151. The van der Waals surface area contributed by atoms with E-state index in [2.05, 4.69) is 15.8 Å². The predicted octanol–water partition coefficient (Wildman–Crippen LogP) is 4.53. The van der Waals surface area contributed by atoms with Crippen molar-refractivity contribution in [2.24, 2.45) is 11.0 Å². The molecule has 1 fully saturated rings. The van der Waals surface area contributed by atoms with Crippen LogP contribution in [0.3, 0.4) is 0 Å². The van der Waals surface area contributed by atoms with Gasteiger partial charge in [-0.2, -0.15) is 5.10 Å². The number of anilines is 2. The summed E-state index contributed by atoms with van der Waals surface area (Å²) in [6.45, 7) is 0.690. The van der Waals surface area contributed by atoms with Gasteiger partial charge in [-0.3, -0.25) is 4.79 Å². The Hall–Kier alpha value is -3.15. The van der Waals surface area contributed by atoms with E-state index in [1.165, 1.54) is 32.1 Å². The number of hydrogen-bond donors (Lipinski definition) is 2. The Morgan fingerprint density at radius 1 is 1.00 bits per heavy atom. The third-order valence-corrected chi connectivity index (χ3v) is 5.68. The maximum Gasteiger partial charge on any atom is 0.339 e. The molecule has 2 aliphatic rings. The maximum atomic E-state index is 13.0. The molecule has 6 heteroatoms. The number of fused-ring (bicyclic) bond motifs is 1. The van der Waals surface area contributed by atoms with Gasteiger partial charge in [-0.1, -0.05) is 68.5 Å². The van der Waals surface area contributed by atoms with E-state index in [-0.39, 0.29) is 11.6 Å². The van der Waals surface area contributed by atoms with Crippen molar-refractivity contribution in [1.82, 2.24) is 5.43 Å². The van der Waals surface area contributed by atoms with Gasteiger partial charge >= 0.3 is 6.03 Å². The van der Waals surface area contributed by atoms with Crippen molar-refractivity contribution in [3.05, 3.63) is 60.2 Å². The molecular weight excluding hydrogens is 364 g/mol. The highest BCUT2D eigenvalue weighted by Gasteiger charge is 2.34. The number of carbonyl (C=O) groups excluding carboxylic acids is 2. The zero-order valence-electron chi connectivity index (χ0n) is 16.4. The van der Waals surface area contributed by atoms with Crippen molar-refractivity contribution in [3.63, 3.8) is 0 Å². The molecule has 1 aliphatic heterocycles. The van der Waals surface area contributed by atoms with Crippen molar-refractivity contribution in [2.75, 3.05) is 16.8 Å². The first kappa shape index (κ1) is 19.2. The number of urea groups is 1. The zero-order valence-corrected chi connectivity index (χ0v) is 16.4. The quantitative estimate of drug-likeness (QED) is 0.736. The summed E-state index contributed by atoms with van der Waals surface area (Å²) in [5, 5.41) is 6.85. The molecule has 1 saturated carbocycles. The Labute approximate surface area is 171 Å². The summed E-state index contributed by atoms with van der Waals surface area (Å²) in [5.74, 6) is 0.543. The van der Waals surface area contributed by atoms with Gasteiger partial charge in [0.25, 0.3) is 5.91 Å². The summed E-state index contributed by atoms with van der Waals surface area (Å²) in [6, 6.07) is 16.3. The summed E-state index contributed by atoms with van der Waals surface area (Å²) in [5.41, 5.74) is 5.05. The minimum atomic E-state index is -0.477. The molecule has 3 amide bonds. The fourth-order valence-electron chi connectivity index (χ4n) is 4.17. The monoisotopic (exact) mass is 390 g/mol. The van der Waals surface area contributed by atoms with Crippen LogP contribution >= 0.6 is 0 Å². The summed E-state index contributed by atoms with van der Waals surface area (Å²) in [4.78, 5) is 27.0. The number of para-hydroxylation sites is 2. The van der Waals surface area contributed by atoms with E-state index in [0.717, 1.165) is 17.7 Å². The van der Waals surface area contributed by atoms with E-state index in [9.17, 15) is 9.59 Å². The van der Waals surface area contributed by atoms with Crippen LogP contribution in [0.2, 0.25) is 0 Å². The Morgan fingerprint density at radius 2 is 1.72 bits per heavy atom. The molecule has 2 N–H and O–H groups in total. The van der Waals surface area contributed by atoms with Gasteiger partial charge in [0.1, 0.15) is 0 Å². The lowest BCUT2D eigenvalue weighted by Crippen LogP contribution is -2.34. The molecule has 150 valence electrons. The molecule has 2 aromatic carbocycles. The molecule has 0 atom stereocenters. The third-order valence-electron chi connectivity index (χ3n) is 5.68. The molecule has 1 aliphatic carbocycles. The molecule has 1 heterocycles. The van der Waals surface area contributed by atoms with E-state index in [0.29, 0.717) is 18.2 Å². The van der Waals surface area contributed by atoms with E-state index in [4.69, 9.17) is 0 Å². The average molecular weight is 390 g/mol. The Balaban J connectivity index is 1.45. The van der Waals surface area contributed by atoms with Crippen molar-refractivity contribution in [2.45, 2.75) is 38.5 Å². The van der Waals surface area contributed by atoms with Gasteiger partial charge in [-0.15, -0.1) is 0 Å². The van der Waals surface area contributed by atoms with E-state index in [1.54, 1.807) is 17.0 Å². The van der Waals surface area contributed by atoms with Gasteiger partial charge in [-0.25, -0.2) is 10.2 Å². The number of nitrogens with zero attached hydrogens (tertiary/aromatic N) is 2. The highest BCUT2D eigenvalue weighted by atomic mass is 16.2. The molecule has 2 aromatic rings. The largest absolute Gasteiger partial charge is 0.339 e. The second-order valence-corrected chi connectivity index (χ2v) is 7.66. The van der Waals surface area contributed by atoms with Gasteiger partial charge in [0.05, 0.1) is 5.69 Å². The zero-order chi connectivity index (χ0) is 20.1. The van der Waals surface area contributed by atoms with Crippen molar-refractivity contribution < 1.29 is 9.59 Å². The second-order valence-electron chi connectivity index (χ2n) is 7.66. The van der Waals surface area contributed by atoms with Gasteiger partial charge < -0.3 is 10.2 Å². The maximum absolute atomic E-state index is 13.0. The molecule has 6 nitrogen and oxygen atoms in total.